The Morgan fingerprint density at radius 1 is 1.62 bits per heavy atom. The quantitative estimate of drug-likeness (QED) is 0.834. The first-order valence-electron chi connectivity index (χ1n) is 5.19. The van der Waals surface area contributed by atoms with Crippen LogP contribution in [0.15, 0.2) is 16.6 Å². The van der Waals surface area contributed by atoms with Crippen LogP contribution in [0, 0.1) is 0 Å². The van der Waals surface area contributed by atoms with Crippen molar-refractivity contribution in [2.75, 3.05) is 31.3 Å². The molecule has 1 aromatic rings. The first-order chi connectivity index (χ1) is 7.70. The van der Waals surface area contributed by atoms with Crippen LogP contribution in [0.3, 0.4) is 0 Å². The molecule has 0 aliphatic carbocycles. The lowest BCUT2D eigenvalue weighted by Crippen LogP contribution is -2.33. The van der Waals surface area contributed by atoms with E-state index >= 15 is 0 Å². The highest BCUT2D eigenvalue weighted by Gasteiger charge is 2.18. The Bertz CT molecular complexity index is 380. The number of anilines is 2. The van der Waals surface area contributed by atoms with Crippen molar-refractivity contribution in [2.24, 2.45) is 0 Å². The van der Waals surface area contributed by atoms with Gasteiger partial charge in [-0.2, -0.15) is 0 Å². The zero-order chi connectivity index (χ0) is 11.5. The molecule has 16 heavy (non-hydrogen) atoms. The number of methoxy groups -OCH3 is 1. The van der Waals surface area contributed by atoms with Crippen LogP contribution < -0.4 is 15.8 Å². The summed E-state index contributed by atoms with van der Waals surface area (Å²) in [6, 6.07) is 3.79. The molecule has 1 aliphatic heterocycles. The first-order valence-corrected chi connectivity index (χ1v) is 5.98. The lowest BCUT2D eigenvalue weighted by atomic mass is 10.2. The SMILES string of the molecule is COc1cc(Br)cc(NC[C@@H]2CCO2)c1N. The third-order valence-electron chi connectivity index (χ3n) is 2.64. The summed E-state index contributed by atoms with van der Waals surface area (Å²) in [7, 11) is 1.61. The highest BCUT2D eigenvalue weighted by Crippen LogP contribution is 2.33. The topological polar surface area (TPSA) is 56.5 Å². The number of nitrogens with two attached hydrogens (primary N) is 1. The maximum absolute atomic E-state index is 5.96. The van der Waals surface area contributed by atoms with E-state index in [-0.39, 0.29) is 0 Å². The van der Waals surface area contributed by atoms with Crippen molar-refractivity contribution in [1.29, 1.82) is 0 Å². The number of ether oxygens (including phenoxy) is 2. The molecule has 1 aliphatic rings. The zero-order valence-electron chi connectivity index (χ0n) is 9.13. The van der Waals surface area contributed by atoms with E-state index in [0.29, 0.717) is 17.5 Å². The van der Waals surface area contributed by atoms with E-state index in [0.717, 1.165) is 29.7 Å². The summed E-state index contributed by atoms with van der Waals surface area (Å²) in [6.07, 6.45) is 1.42. The van der Waals surface area contributed by atoms with Gasteiger partial charge in [0.25, 0.3) is 0 Å². The molecule has 1 saturated heterocycles. The lowest BCUT2D eigenvalue weighted by molar-refractivity contribution is -0.0410. The van der Waals surface area contributed by atoms with Gasteiger partial charge in [-0.3, -0.25) is 0 Å². The van der Waals surface area contributed by atoms with Gasteiger partial charge in [0, 0.05) is 17.6 Å². The van der Waals surface area contributed by atoms with E-state index in [1.807, 2.05) is 12.1 Å². The van der Waals surface area contributed by atoms with E-state index in [1.165, 1.54) is 0 Å². The minimum absolute atomic E-state index is 0.310. The average molecular weight is 287 g/mol. The van der Waals surface area contributed by atoms with Crippen LogP contribution in [0.1, 0.15) is 6.42 Å². The predicted octanol–water partition coefficient (Wildman–Crippen LogP) is 2.24. The summed E-state index contributed by atoms with van der Waals surface area (Å²) in [6.45, 7) is 1.65. The normalized spacial score (nSPS) is 19.0. The summed E-state index contributed by atoms with van der Waals surface area (Å²) in [5, 5.41) is 3.27. The smallest absolute Gasteiger partial charge is 0.145 e. The zero-order valence-corrected chi connectivity index (χ0v) is 10.7. The van der Waals surface area contributed by atoms with Crippen LogP contribution in [-0.4, -0.2) is 26.4 Å². The van der Waals surface area contributed by atoms with Crippen molar-refractivity contribution in [3.8, 4) is 5.75 Å². The molecule has 0 amide bonds. The van der Waals surface area contributed by atoms with E-state index in [9.17, 15) is 0 Å². The molecule has 88 valence electrons. The molecule has 1 heterocycles. The first kappa shape index (κ1) is 11.5. The molecule has 1 atom stereocenters. The van der Waals surface area contributed by atoms with Gasteiger partial charge in [0.2, 0.25) is 0 Å². The molecule has 1 aromatic carbocycles. The number of hydrogen-bond donors (Lipinski definition) is 2. The van der Waals surface area contributed by atoms with Crippen molar-refractivity contribution in [2.45, 2.75) is 12.5 Å². The molecular formula is C11H15BrN2O2. The molecule has 3 N–H and O–H groups in total. The number of hydrogen-bond acceptors (Lipinski definition) is 4. The molecule has 0 saturated carbocycles. The Labute approximate surface area is 103 Å². The van der Waals surface area contributed by atoms with Gasteiger partial charge in [0.05, 0.1) is 24.6 Å². The van der Waals surface area contributed by atoms with Gasteiger partial charge in [-0.1, -0.05) is 15.9 Å². The van der Waals surface area contributed by atoms with Gasteiger partial charge in [0.1, 0.15) is 5.75 Å². The van der Waals surface area contributed by atoms with Crippen LogP contribution in [0.5, 0.6) is 5.75 Å². The van der Waals surface area contributed by atoms with E-state index in [4.69, 9.17) is 15.2 Å². The average Bonchev–Trinajstić information content (AvgIpc) is 2.20. The Hall–Kier alpha value is -0.940. The molecule has 1 fully saturated rings. The molecule has 0 radical (unpaired) electrons. The fourth-order valence-electron chi connectivity index (χ4n) is 1.58. The standard InChI is InChI=1S/C11H15BrN2O2/c1-15-10-5-7(12)4-9(11(10)13)14-6-8-2-3-16-8/h4-5,8,14H,2-3,6,13H2,1H3/t8-/m0/s1. The molecule has 4 nitrogen and oxygen atoms in total. The summed E-state index contributed by atoms with van der Waals surface area (Å²) < 4.78 is 11.5. The molecule has 0 bridgehead atoms. The number of nitrogen functional groups attached to an aromatic ring is 1. The lowest BCUT2D eigenvalue weighted by Gasteiger charge is -2.27. The predicted molar refractivity (Wildman–Crippen MR) is 68.0 cm³/mol. The second kappa shape index (κ2) is 4.93. The minimum atomic E-state index is 0.310. The second-order valence-corrected chi connectivity index (χ2v) is 4.65. The summed E-state index contributed by atoms with van der Waals surface area (Å²) in [5.74, 6) is 0.673. The molecular weight excluding hydrogens is 272 g/mol. The second-order valence-electron chi connectivity index (χ2n) is 3.73. The van der Waals surface area contributed by atoms with E-state index in [2.05, 4.69) is 21.2 Å². The Kier molecular flexibility index (Phi) is 3.56. The molecule has 0 unspecified atom stereocenters. The molecule has 0 spiro atoms. The van der Waals surface area contributed by atoms with Crippen LogP contribution >= 0.6 is 15.9 Å². The maximum Gasteiger partial charge on any atom is 0.145 e. The summed E-state index contributed by atoms with van der Waals surface area (Å²) in [4.78, 5) is 0. The number of benzene rings is 1. The molecule has 0 aromatic heterocycles. The maximum atomic E-state index is 5.96. The van der Waals surface area contributed by atoms with Gasteiger partial charge >= 0.3 is 0 Å². The van der Waals surface area contributed by atoms with Gasteiger partial charge < -0.3 is 20.5 Å². The van der Waals surface area contributed by atoms with Crippen molar-refractivity contribution in [1.82, 2.24) is 0 Å². The Morgan fingerprint density at radius 2 is 2.38 bits per heavy atom. The van der Waals surface area contributed by atoms with Crippen molar-refractivity contribution < 1.29 is 9.47 Å². The highest BCUT2D eigenvalue weighted by molar-refractivity contribution is 9.10. The fraction of sp³-hybridized carbons (Fsp3) is 0.455. The monoisotopic (exact) mass is 286 g/mol. The number of nitrogens with one attached hydrogen (secondary N) is 1. The van der Waals surface area contributed by atoms with Crippen LogP contribution in [0.4, 0.5) is 11.4 Å². The number of rotatable bonds is 4. The minimum Gasteiger partial charge on any atom is -0.494 e. The van der Waals surface area contributed by atoms with Crippen molar-refractivity contribution >= 4 is 27.3 Å². The van der Waals surface area contributed by atoms with Crippen LogP contribution in [-0.2, 0) is 4.74 Å². The Balaban J connectivity index is 2.08. The molecule has 5 heteroatoms. The third kappa shape index (κ3) is 2.41. The van der Waals surface area contributed by atoms with Crippen LogP contribution in [0.2, 0.25) is 0 Å². The van der Waals surface area contributed by atoms with E-state index < -0.39 is 0 Å². The Morgan fingerprint density at radius 3 is 2.94 bits per heavy atom. The third-order valence-corrected chi connectivity index (χ3v) is 3.10. The largest absolute Gasteiger partial charge is 0.494 e. The molecule has 2 rings (SSSR count). The van der Waals surface area contributed by atoms with Gasteiger partial charge in [0.15, 0.2) is 0 Å². The van der Waals surface area contributed by atoms with Crippen LogP contribution in [0.25, 0.3) is 0 Å². The number of halogens is 1. The highest BCUT2D eigenvalue weighted by atomic mass is 79.9. The van der Waals surface area contributed by atoms with Crippen molar-refractivity contribution in [3.05, 3.63) is 16.6 Å². The van der Waals surface area contributed by atoms with Gasteiger partial charge in [-0.25, -0.2) is 0 Å². The fourth-order valence-corrected chi connectivity index (χ4v) is 2.01. The van der Waals surface area contributed by atoms with Gasteiger partial charge in [-0.15, -0.1) is 0 Å². The summed E-state index contributed by atoms with van der Waals surface area (Å²) in [5.41, 5.74) is 7.47. The van der Waals surface area contributed by atoms with Gasteiger partial charge in [-0.05, 0) is 18.6 Å². The summed E-state index contributed by atoms with van der Waals surface area (Å²) >= 11 is 3.42. The van der Waals surface area contributed by atoms with Crippen molar-refractivity contribution in [3.63, 3.8) is 0 Å². The van der Waals surface area contributed by atoms with E-state index in [1.54, 1.807) is 7.11 Å².